The van der Waals surface area contributed by atoms with Crippen LogP contribution >= 0.6 is 15.9 Å². The van der Waals surface area contributed by atoms with E-state index in [0.29, 0.717) is 12.0 Å². The maximum atomic E-state index is 12.1. The van der Waals surface area contributed by atoms with Gasteiger partial charge in [0.25, 0.3) is 0 Å². The van der Waals surface area contributed by atoms with Gasteiger partial charge >= 0.3 is 6.09 Å². The zero-order valence-electron chi connectivity index (χ0n) is 14.8. The van der Waals surface area contributed by atoms with Gasteiger partial charge in [-0.2, -0.15) is 0 Å². The lowest BCUT2D eigenvalue weighted by atomic mass is 10.0. The number of aromatic nitrogens is 3. The summed E-state index contributed by atoms with van der Waals surface area (Å²) in [6.45, 7) is 12.4. The molecule has 1 aromatic heterocycles. The molecule has 2 aliphatic heterocycles. The van der Waals surface area contributed by atoms with Crippen LogP contribution in [-0.4, -0.2) is 69.2 Å². The lowest BCUT2D eigenvalue weighted by Crippen LogP contribution is -2.50. The van der Waals surface area contributed by atoms with Crippen molar-refractivity contribution in [2.45, 2.75) is 45.8 Å². The molecule has 2 fully saturated rings. The standard InChI is InChI=1S/C16H26BrN5O2/c1-11-14(17)18-19-22(11)13-9-20(10-13)7-12-5-6-21(8-12)15(23)24-16(2,3)4/h12-13H,5-10H2,1-4H3. The van der Waals surface area contributed by atoms with E-state index in [2.05, 4.69) is 31.1 Å². The van der Waals surface area contributed by atoms with Gasteiger partial charge in [-0.3, -0.25) is 4.90 Å². The third-order valence-corrected chi connectivity index (χ3v) is 5.34. The van der Waals surface area contributed by atoms with Crippen LogP contribution in [0.15, 0.2) is 4.60 Å². The monoisotopic (exact) mass is 399 g/mol. The van der Waals surface area contributed by atoms with Crippen molar-refractivity contribution in [3.8, 4) is 0 Å². The van der Waals surface area contributed by atoms with Gasteiger partial charge in [-0.15, -0.1) is 5.10 Å². The van der Waals surface area contributed by atoms with Crippen molar-refractivity contribution in [1.82, 2.24) is 24.8 Å². The van der Waals surface area contributed by atoms with Crippen LogP contribution in [0.2, 0.25) is 0 Å². The first-order valence-corrected chi connectivity index (χ1v) is 9.30. The fourth-order valence-electron chi connectivity index (χ4n) is 3.35. The molecule has 3 heterocycles. The summed E-state index contributed by atoms with van der Waals surface area (Å²) in [6.07, 6.45) is 0.864. The van der Waals surface area contributed by atoms with Crippen molar-refractivity contribution >= 4 is 22.0 Å². The van der Waals surface area contributed by atoms with Crippen molar-refractivity contribution in [3.05, 3.63) is 10.3 Å². The van der Waals surface area contributed by atoms with Crippen molar-refractivity contribution in [3.63, 3.8) is 0 Å². The Balaban J connectivity index is 1.43. The predicted octanol–water partition coefficient (Wildman–Crippen LogP) is 2.46. The Labute approximate surface area is 151 Å². The van der Waals surface area contributed by atoms with Gasteiger partial charge in [0.15, 0.2) is 4.60 Å². The summed E-state index contributed by atoms with van der Waals surface area (Å²) in [6, 6.07) is 0.409. The number of halogens is 1. The van der Waals surface area contributed by atoms with Crippen molar-refractivity contribution < 1.29 is 9.53 Å². The summed E-state index contributed by atoms with van der Waals surface area (Å²) in [4.78, 5) is 16.4. The van der Waals surface area contributed by atoms with E-state index in [1.807, 2.05) is 37.3 Å². The first-order valence-electron chi connectivity index (χ1n) is 8.50. The molecule has 1 aromatic rings. The number of likely N-dealkylation sites (tertiary alicyclic amines) is 2. The maximum absolute atomic E-state index is 12.1. The third kappa shape index (κ3) is 3.91. The van der Waals surface area contributed by atoms with E-state index in [1.54, 1.807) is 0 Å². The molecule has 0 N–H and O–H groups in total. The highest BCUT2D eigenvalue weighted by atomic mass is 79.9. The largest absolute Gasteiger partial charge is 0.444 e. The summed E-state index contributed by atoms with van der Waals surface area (Å²) >= 11 is 3.41. The van der Waals surface area contributed by atoms with Gasteiger partial charge < -0.3 is 9.64 Å². The zero-order chi connectivity index (χ0) is 17.5. The van der Waals surface area contributed by atoms with Gasteiger partial charge in [-0.25, -0.2) is 9.48 Å². The smallest absolute Gasteiger partial charge is 0.410 e. The van der Waals surface area contributed by atoms with Gasteiger partial charge in [0.05, 0.1) is 11.7 Å². The fourth-order valence-corrected chi connectivity index (χ4v) is 3.61. The molecular weight excluding hydrogens is 374 g/mol. The van der Waals surface area contributed by atoms with Gasteiger partial charge in [-0.05, 0) is 56.0 Å². The van der Waals surface area contributed by atoms with E-state index in [-0.39, 0.29) is 6.09 Å². The molecule has 1 amide bonds. The number of hydrogen-bond donors (Lipinski definition) is 0. The Kier molecular flexibility index (Phi) is 4.88. The number of hydrogen-bond acceptors (Lipinski definition) is 5. The molecule has 24 heavy (non-hydrogen) atoms. The molecule has 0 aromatic carbocycles. The second-order valence-corrected chi connectivity index (χ2v) is 8.61. The molecule has 0 bridgehead atoms. The molecule has 2 aliphatic rings. The van der Waals surface area contributed by atoms with Gasteiger partial charge in [0.2, 0.25) is 0 Å². The molecule has 7 nitrogen and oxygen atoms in total. The molecule has 0 radical (unpaired) electrons. The summed E-state index contributed by atoms with van der Waals surface area (Å²) in [5.41, 5.74) is 0.653. The average Bonchev–Trinajstić information content (AvgIpc) is 3.01. The van der Waals surface area contributed by atoms with Crippen LogP contribution in [0.25, 0.3) is 0 Å². The van der Waals surface area contributed by atoms with Crippen LogP contribution in [0.1, 0.15) is 38.9 Å². The van der Waals surface area contributed by atoms with Crippen LogP contribution in [0.3, 0.4) is 0 Å². The molecule has 8 heteroatoms. The highest BCUT2D eigenvalue weighted by molar-refractivity contribution is 9.10. The Morgan fingerprint density at radius 2 is 2.04 bits per heavy atom. The first kappa shape index (κ1) is 17.7. The second kappa shape index (κ2) is 6.63. The Bertz CT molecular complexity index is 606. The van der Waals surface area contributed by atoms with Crippen LogP contribution < -0.4 is 0 Å². The van der Waals surface area contributed by atoms with Crippen LogP contribution in [0.4, 0.5) is 4.79 Å². The molecule has 1 atom stereocenters. The molecule has 2 saturated heterocycles. The molecule has 3 rings (SSSR count). The fraction of sp³-hybridized carbons (Fsp3) is 0.812. The van der Waals surface area contributed by atoms with E-state index in [0.717, 1.165) is 49.4 Å². The molecule has 0 aliphatic carbocycles. The lowest BCUT2D eigenvalue weighted by Gasteiger charge is -2.40. The lowest BCUT2D eigenvalue weighted by molar-refractivity contribution is 0.0275. The SMILES string of the molecule is Cc1c(Br)nnn1C1CN(CC2CCN(C(=O)OC(C)(C)C)C2)C1. The summed E-state index contributed by atoms with van der Waals surface area (Å²) in [5, 5.41) is 8.26. The van der Waals surface area contributed by atoms with Crippen LogP contribution in [0.5, 0.6) is 0 Å². The number of amides is 1. The quantitative estimate of drug-likeness (QED) is 0.780. The summed E-state index contributed by atoms with van der Waals surface area (Å²) in [5.74, 6) is 0.530. The molecule has 1 unspecified atom stereocenters. The van der Waals surface area contributed by atoms with E-state index in [9.17, 15) is 4.79 Å². The first-order chi connectivity index (χ1) is 11.2. The topological polar surface area (TPSA) is 63.5 Å². The molecular formula is C16H26BrN5O2. The van der Waals surface area contributed by atoms with Gasteiger partial charge in [-0.1, -0.05) is 5.21 Å². The number of nitrogens with zero attached hydrogens (tertiary/aromatic N) is 5. The predicted molar refractivity (Wildman–Crippen MR) is 93.9 cm³/mol. The molecule has 0 spiro atoms. The second-order valence-electron chi connectivity index (χ2n) is 7.86. The van der Waals surface area contributed by atoms with E-state index >= 15 is 0 Å². The normalized spacial score (nSPS) is 22.7. The number of carbonyl (C=O) groups is 1. The minimum absolute atomic E-state index is 0.186. The van der Waals surface area contributed by atoms with Crippen molar-refractivity contribution in [2.24, 2.45) is 5.92 Å². The van der Waals surface area contributed by atoms with E-state index in [4.69, 9.17) is 4.74 Å². The highest BCUT2D eigenvalue weighted by Crippen LogP contribution is 2.27. The highest BCUT2D eigenvalue weighted by Gasteiger charge is 2.35. The van der Waals surface area contributed by atoms with Crippen molar-refractivity contribution in [1.29, 1.82) is 0 Å². The molecule has 0 saturated carbocycles. The third-order valence-electron chi connectivity index (χ3n) is 4.61. The average molecular weight is 400 g/mol. The zero-order valence-corrected chi connectivity index (χ0v) is 16.4. The minimum atomic E-state index is -0.427. The number of rotatable bonds is 3. The van der Waals surface area contributed by atoms with E-state index < -0.39 is 5.60 Å². The number of ether oxygens (including phenoxy) is 1. The van der Waals surface area contributed by atoms with Gasteiger partial charge in [0.1, 0.15) is 5.60 Å². The van der Waals surface area contributed by atoms with Crippen molar-refractivity contribution in [2.75, 3.05) is 32.7 Å². The Hall–Kier alpha value is -1.15. The van der Waals surface area contributed by atoms with Crippen LogP contribution in [0, 0.1) is 12.8 Å². The van der Waals surface area contributed by atoms with E-state index in [1.165, 1.54) is 0 Å². The summed E-state index contributed by atoms with van der Waals surface area (Å²) in [7, 11) is 0. The Morgan fingerprint density at radius 3 is 2.62 bits per heavy atom. The van der Waals surface area contributed by atoms with Crippen LogP contribution in [-0.2, 0) is 4.74 Å². The number of carbonyl (C=O) groups excluding carboxylic acids is 1. The van der Waals surface area contributed by atoms with Gasteiger partial charge in [0, 0.05) is 32.7 Å². The Morgan fingerprint density at radius 1 is 1.33 bits per heavy atom. The summed E-state index contributed by atoms with van der Waals surface area (Å²) < 4.78 is 8.28. The molecule has 134 valence electrons. The minimum Gasteiger partial charge on any atom is -0.444 e. The maximum Gasteiger partial charge on any atom is 0.410 e.